The first-order valence-corrected chi connectivity index (χ1v) is 6.10. The van der Waals surface area contributed by atoms with Crippen LogP contribution in [-0.2, 0) is 11.3 Å². The third-order valence-corrected chi connectivity index (χ3v) is 2.37. The minimum Gasteiger partial charge on any atom is -0.444 e. The number of benzene rings is 1. The lowest BCUT2D eigenvalue weighted by Gasteiger charge is -2.19. The van der Waals surface area contributed by atoms with Crippen molar-refractivity contribution < 1.29 is 13.9 Å². The van der Waals surface area contributed by atoms with Crippen LogP contribution in [0.1, 0.15) is 38.8 Å². The summed E-state index contributed by atoms with van der Waals surface area (Å²) in [6.07, 6.45) is -0.559. The maximum Gasteiger partial charge on any atom is 0.407 e. The van der Waals surface area contributed by atoms with E-state index < -0.39 is 11.7 Å². The lowest BCUT2D eigenvalue weighted by Crippen LogP contribution is -2.32. The zero-order valence-electron chi connectivity index (χ0n) is 11.8. The molecule has 1 rings (SSSR count). The van der Waals surface area contributed by atoms with Crippen molar-refractivity contribution >= 4 is 11.7 Å². The fourth-order valence-electron chi connectivity index (χ4n) is 1.44. The second-order valence-corrected chi connectivity index (χ2v) is 5.44. The molecule has 0 fully saturated rings. The summed E-state index contributed by atoms with van der Waals surface area (Å²) >= 11 is 0. The van der Waals surface area contributed by atoms with Crippen LogP contribution >= 0.6 is 0 Å². The first kappa shape index (κ1) is 15.2. The SMILES string of the molecule is C=C(C)c1ccc(CNC(=O)OC(C)(C)C)c(F)c1. The molecule has 0 saturated heterocycles. The van der Waals surface area contributed by atoms with Gasteiger partial charge in [-0.3, -0.25) is 0 Å². The molecule has 4 heteroatoms. The number of nitrogens with one attached hydrogen (secondary N) is 1. The summed E-state index contributed by atoms with van der Waals surface area (Å²) < 4.78 is 18.8. The van der Waals surface area contributed by atoms with Gasteiger partial charge in [-0.05, 0) is 39.3 Å². The van der Waals surface area contributed by atoms with Gasteiger partial charge in [-0.15, -0.1) is 0 Å². The Kier molecular flexibility index (Phi) is 4.70. The number of carbonyl (C=O) groups excluding carboxylic acids is 1. The highest BCUT2D eigenvalue weighted by molar-refractivity contribution is 5.67. The number of allylic oxidation sites excluding steroid dienone is 1. The van der Waals surface area contributed by atoms with E-state index in [0.717, 1.165) is 11.1 Å². The van der Waals surface area contributed by atoms with Crippen molar-refractivity contribution in [2.45, 2.75) is 39.8 Å². The normalized spacial score (nSPS) is 11.0. The topological polar surface area (TPSA) is 38.3 Å². The van der Waals surface area contributed by atoms with Gasteiger partial charge >= 0.3 is 6.09 Å². The Bertz CT molecular complexity index is 489. The van der Waals surface area contributed by atoms with Gasteiger partial charge in [0.1, 0.15) is 11.4 Å². The van der Waals surface area contributed by atoms with Gasteiger partial charge in [0.15, 0.2) is 0 Å². The highest BCUT2D eigenvalue weighted by Crippen LogP contribution is 2.16. The summed E-state index contributed by atoms with van der Waals surface area (Å²) in [5, 5.41) is 2.52. The van der Waals surface area contributed by atoms with Crippen LogP contribution in [0.4, 0.5) is 9.18 Å². The van der Waals surface area contributed by atoms with Crippen LogP contribution < -0.4 is 5.32 Å². The molecule has 0 spiro atoms. The first-order chi connectivity index (χ1) is 8.69. The van der Waals surface area contributed by atoms with Gasteiger partial charge in [0.25, 0.3) is 0 Å². The van der Waals surface area contributed by atoms with E-state index in [2.05, 4.69) is 11.9 Å². The van der Waals surface area contributed by atoms with E-state index >= 15 is 0 Å². The Morgan fingerprint density at radius 1 is 1.42 bits per heavy atom. The monoisotopic (exact) mass is 265 g/mol. The lowest BCUT2D eigenvalue weighted by atomic mass is 10.1. The maximum absolute atomic E-state index is 13.8. The molecule has 0 atom stereocenters. The molecule has 0 unspecified atom stereocenters. The van der Waals surface area contributed by atoms with Crippen molar-refractivity contribution in [2.24, 2.45) is 0 Å². The third-order valence-electron chi connectivity index (χ3n) is 2.37. The van der Waals surface area contributed by atoms with E-state index in [0.29, 0.717) is 5.56 Å². The summed E-state index contributed by atoms with van der Waals surface area (Å²) in [5.41, 5.74) is 1.40. The molecule has 1 amide bonds. The second kappa shape index (κ2) is 5.87. The standard InChI is InChI=1S/C15H20FNO2/c1-10(2)11-6-7-12(13(16)8-11)9-17-14(18)19-15(3,4)5/h6-8H,1,9H2,2-5H3,(H,17,18). The second-order valence-electron chi connectivity index (χ2n) is 5.44. The van der Waals surface area contributed by atoms with Gasteiger partial charge in [0.2, 0.25) is 0 Å². The van der Waals surface area contributed by atoms with Crippen molar-refractivity contribution in [1.82, 2.24) is 5.32 Å². The van der Waals surface area contributed by atoms with Crippen molar-refractivity contribution in [3.05, 3.63) is 41.7 Å². The largest absolute Gasteiger partial charge is 0.444 e. The number of hydrogen-bond acceptors (Lipinski definition) is 2. The van der Waals surface area contributed by atoms with E-state index in [4.69, 9.17) is 4.74 Å². The van der Waals surface area contributed by atoms with Gasteiger partial charge in [-0.25, -0.2) is 9.18 Å². The molecule has 0 aliphatic rings. The smallest absolute Gasteiger partial charge is 0.407 e. The Morgan fingerprint density at radius 3 is 2.53 bits per heavy atom. The molecule has 0 radical (unpaired) electrons. The average Bonchev–Trinajstić information content (AvgIpc) is 2.24. The van der Waals surface area contributed by atoms with E-state index in [1.54, 1.807) is 32.9 Å². The first-order valence-electron chi connectivity index (χ1n) is 6.10. The number of hydrogen-bond donors (Lipinski definition) is 1. The Balaban J connectivity index is 2.64. The van der Waals surface area contributed by atoms with Gasteiger partial charge in [0.05, 0.1) is 0 Å². The van der Waals surface area contributed by atoms with E-state index in [1.807, 2.05) is 6.92 Å². The predicted octanol–water partition coefficient (Wildman–Crippen LogP) is 3.88. The Hall–Kier alpha value is -1.84. The van der Waals surface area contributed by atoms with Gasteiger partial charge in [-0.2, -0.15) is 0 Å². The van der Waals surface area contributed by atoms with Crippen LogP contribution in [0.5, 0.6) is 0 Å². The number of ether oxygens (including phenoxy) is 1. The quantitative estimate of drug-likeness (QED) is 0.900. The summed E-state index contributed by atoms with van der Waals surface area (Å²) in [4.78, 5) is 11.4. The highest BCUT2D eigenvalue weighted by atomic mass is 19.1. The molecule has 1 aromatic carbocycles. The molecule has 19 heavy (non-hydrogen) atoms. The van der Waals surface area contributed by atoms with Crippen LogP contribution in [0.2, 0.25) is 0 Å². The number of carbonyl (C=O) groups is 1. The molecule has 0 bridgehead atoms. The van der Waals surface area contributed by atoms with E-state index in [-0.39, 0.29) is 12.4 Å². The molecule has 0 aromatic heterocycles. The average molecular weight is 265 g/mol. The van der Waals surface area contributed by atoms with Gasteiger partial charge < -0.3 is 10.1 Å². The fourth-order valence-corrected chi connectivity index (χ4v) is 1.44. The summed E-state index contributed by atoms with van der Waals surface area (Å²) in [6, 6.07) is 4.82. The summed E-state index contributed by atoms with van der Waals surface area (Å²) in [5.74, 6) is -0.364. The van der Waals surface area contributed by atoms with Crippen LogP contribution in [0.15, 0.2) is 24.8 Å². The Morgan fingerprint density at radius 2 is 2.05 bits per heavy atom. The van der Waals surface area contributed by atoms with Crippen LogP contribution in [0.3, 0.4) is 0 Å². The summed E-state index contributed by atoms with van der Waals surface area (Å²) in [6.45, 7) is 11.0. The third kappa shape index (κ3) is 5.12. The zero-order valence-corrected chi connectivity index (χ0v) is 11.8. The minimum atomic E-state index is -0.563. The zero-order chi connectivity index (χ0) is 14.6. The molecule has 0 aliphatic carbocycles. The van der Waals surface area contributed by atoms with Crippen molar-refractivity contribution in [2.75, 3.05) is 0 Å². The molecule has 1 aromatic rings. The van der Waals surface area contributed by atoms with Crippen LogP contribution in [0.25, 0.3) is 5.57 Å². The number of halogens is 1. The van der Waals surface area contributed by atoms with Crippen LogP contribution in [0, 0.1) is 5.82 Å². The Labute approximate surface area is 113 Å². The molecule has 0 heterocycles. The molecular weight excluding hydrogens is 245 g/mol. The van der Waals surface area contributed by atoms with Crippen molar-refractivity contribution in [3.8, 4) is 0 Å². The number of rotatable bonds is 3. The molecule has 104 valence electrons. The highest BCUT2D eigenvalue weighted by Gasteiger charge is 2.16. The number of alkyl carbamates (subject to hydrolysis) is 1. The maximum atomic E-state index is 13.8. The summed E-state index contributed by atoms with van der Waals surface area (Å²) in [7, 11) is 0. The lowest BCUT2D eigenvalue weighted by molar-refractivity contribution is 0.0523. The van der Waals surface area contributed by atoms with Crippen LogP contribution in [-0.4, -0.2) is 11.7 Å². The molecule has 1 N–H and O–H groups in total. The number of amides is 1. The molecule has 0 saturated carbocycles. The van der Waals surface area contributed by atoms with Crippen molar-refractivity contribution in [1.29, 1.82) is 0 Å². The molecule has 3 nitrogen and oxygen atoms in total. The van der Waals surface area contributed by atoms with E-state index in [9.17, 15) is 9.18 Å². The molecular formula is C15H20FNO2. The van der Waals surface area contributed by atoms with Gasteiger partial charge in [-0.1, -0.05) is 24.3 Å². The predicted molar refractivity (Wildman–Crippen MR) is 74.2 cm³/mol. The molecule has 0 aliphatic heterocycles. The van der Waals surface area contributed by atoms with Gasteiger partial charge in [0, 0.05) is 12.1 Å². The minimum absolute atomic E-state index is 0.0945. The fraction of sp³-hybridized carbons (Fsp3) is 0.400. The van der Waals surface area contributed by atoms with E-state index in [1.165, 1.54) is 6.07 Å². The van der Waals surface area contributed by atoms with Crippen molar-refractivity contribution in [3.63, 3.8) is 0 Å².